The second-order valence-corrected chi connectivity index (χ2v) is 6.37. The van der Waals surface area contributed by atoms with Gasteiger partial charge in [0.1, 0.15) is 16.9 Å². The molecule has 0 aromatic heterocycles. The van der Waals surface area contributed by atoms with Crippen LogP contribution in [0.25, 0.3) is 11.1 Å². The van der Waals surface area contributed by atoms with E-state index in [1.54, 1.807) is 12.1 Å². The number of cyclic esters (lactones) is 1. The average molecular weight is 415 g/mol. The monoisotopic (exact) mass is 414 g/mol. The van der Waals surface area contributed by atoms with Crippen LogP contribution in [0.3, 0.4) is 0 Å². The first kappa shape index (κ1) is 20.2. The quantitative estimate of drug-likeness (QED) is 0.463. The molecule has 29 heavy (non-hydrogen) atoms. The molecule has 7 nitrogen and oxygen atoms in total. The zero-order valence-electron chi connectivity index (χ0n) is 15.4. The van der Waals surface area contributed by atoms with Crippen LogP contribution in [0.5, 0.6) is 5.75 Å². The molecular formula is C21H15ClO7. The Labute approximate surface area is 170 Å². The average Bonchev–Trinajstić information content (AvgIpc) is 2.97. The van der Waals surface area contributed by atoms with E-state index >= 15 is 0 Å². The highest BCUT2D eigenvalue weighted by Gasteiger charge is 2.36. The van der Waals surface area contributed by atoms with Crippen molar-refractivity contribution in [2.45, 2.75) is 6.92 Å². The summed E-state index contributed by atoms with van der Waals surface area (Å²) in [5.74, 6) is -2.68. The molecule has 0 aliphatic carbocycles. The number of esters is 3. The minimum absolute atomic E-state index is 0.124. The Balaban J connectivity index is 2.10. The van der Waals surface area contributed by atoms with Gasteiger partial charge in [-0.3, -0.25) is 4.79 Å². The van der Waals surface area contributed by atoms with E-state index < -0.39 is 23.7 Å². The zero-order chi connectivity index (χ0) is 21.1. The SMILES string of the molecule is COC(=O)C(=C1OC(=O)C(c2ccc(OC(C)=O)cc2)=C1O)c1ccc(Cl)cc1. The Kier molecular flexibility index (Phi) is 5.70. The molecule has 1 N–H and O–H groups in total. The molecule has 1 aliphatic rings. The van der Waals surface area contributed by atoms with E-state index in [-0.39, 0.29) is 22.7 Å². The number of ether oxygens (including phenoxy) is 3. The fraction of sp³-hybridized carbons (Fsp3) is 0.0952. The number of hydrogen-bond acceptors (Lipinski definition) is 7. The largest absolute Gasteiger partial charge is 0.504 e. The van der Waals surface area contributed by atoms with Crippen molar-refractivity contribution in [2.24, 2.45) is 0 Å². The van der Waals surface area contributed by atoms with Gasteiger partial charge in [-0.15, -0.1) is 0 Å². The molecule has 0 bridgehead atoms. The molecule has 0 radical (unpaired) electrons. The van der Waals surface area contributed by atoms with Crippen LogP contribution in [0.15, 0.2) is 60.0 Å². The molecule has 1 heterocycles. The van der Waals surface area contributed by atoms with Gasteiger partial charge in [0.05, 0.1) is 7.11 Å². The Morgan fingerprint density at radius 1 is 1.03 bits per heavy atom. The van der Waals surface area contributed by atoms with Crippen LogP contribution in [-0.4, -0.2) is 30.1 Å². The van der Waals surface area contributed by atoms with E-state index in [9.17, 15) is 19.5 Å². The predicted octanol–water partition coefficient (Wildman–Crippen LogP) is 3.68. The number of aliphatic hydroxyl groups excluding tert-OH is 1. The molecule has 0 saturated carbocycles. The molecule has 2 aromatic rings. The van der Waals surface area contributed by atoms with Crippen LogP contribution >= 0.6 is 11.6 Å². The number of carbonyl (C=O) groups is 3. The van der Waals surface area contributed by atoms with Gasteiger partial charge in [-0.05, 0) is 35.4 Å². The molecule has 148 valence electrons. The lowest BCUT2D eigenvalue weighted by molar-refractivity contribution is -0.134. The first-order valence-electron chi connectivity index (χ1n) is 8.35. The summed E-state index contributed by atoms with van der Waals surface area (Å²) in [6, 6.07) is 12.1. The first-order chi connectivity index (χ1) is 13.8. The van der Waals surface area contributed by atoms with E-state index in [1.165, 1.54) is 50.4 Å². The van der Waals surface area contributed by atoms with Crippen LogP contribution in [0.2, 0.25) is 5.02 Å². The van der Waals surface area contributed by atoms with Crippen molar-refractivity contribution in [3.63, 3.8) is 0 Å². The highest BCUT2D eigenvalue weighted by atomic mass is 35.5. The van der Waals surface area contributed by atoms with Gasteiger partial charge in [0, 0.05) is 11.9 Å². The Hall–Kier alpha value is -3.58. The molecule has 0 spiro atoms. The molecule has 3 rings (SSSR count). The standard InChI is InChI=1S/C21H15ClO7/c1-11(23)28-15-9-5-12(6-10-15)16-18(24)19(29-21(16)26)17(20(25)27-2)13-3-7-14(22)8-4-13/h3-10,24H,1-2H3. The third-order valence-corrected chi connectivity index (χ3v) is 4.26. The molecule has 0 saturated heterocycles. The fourth-order valence-corrected chi connectivity index (χ4v) is 2.87. The zero-order valence-corrected chi connectivity index (χ0v) is 16.1. The number of carbonyl (C=O) groups excluding carboxylic acids is 3. The van der Waals surface area contributed by atoms with Crippen LogP contribution in [0.4, 0.5) is 0 Å². The van der Waals surface area contributed by atoms with Gasteiger partial charge in [0.2, 0.25) is 0 Å². The predicted molar refractivity (Wildman–Crippen MR) is 104 cm³/mol. The lowest BCUT2D eigenvalue weighted by atomic mass is 10.0. The molecule has 8 heteroatoms. The molecular weight excluding hydrogens is 400 g/mol. The number of halogens is 1. The van der Waals surface area contributed by atoms with E-state index in [0.29, 0.717) is 16.1 Å². The molecule has 1 aliphatic heterocycles. The maximum Gasteiger partial charge on any atom is 0.348 e. The number of hydrogen-bond donors (Lipinski definition) is 1. The molecule has 2 aromatic carbocycles. The highest BCUT2D eigenvalue weighted by Crippen LogP contribution is 2.37. The maximum atomic E-state index is 12.4. The summed E-state index contributed by atoms with van der Waals surface area (Å²) in [6.45, 7) is 1.26. The smallest absolute Gasteiger partial charge is 0.348 e. The summed E-state index contributed by atoms with van der Waals surface area (Å²) in [7, 11) is 1.17. The fourth-order valence-electron chi connectivity index (χ4n) is 2.74. The van der Waals surface area contributed by atoms with Crippen molar-refractivity contribution in [3.8, 4) is 5.75 Å². The Morgan fingerprint density at radius 3 is 2.21 bits per heavy atom. The van der Waals surface area contributed by atoms with Crippen LogP contribution in [-0.2, 0) is 23.9 Å². The number of rotatable bonds is 4. The number of aliphatic hydroxyl groups is 1. The summed E-state index contributed by atoms with van der Waals surface area (Å²) in [6.07, 6.45) is 0. The Bertz CT molecular complexity index is 1050. The highest BCUT2D eigenvalue weighted by molar-refractivity contribution is 6.31. The summed E-state index contributed by atoms with van der Waals surface area (Å²) in [4.78, 5) is 35.8. The summed E-state index contributed by atoms with van der Waals surface area (Å²) >= 11 is 5.88. The van der Waals surface area contributed by atoms with Gasteiger partial charge >= 0.3 is 17.9 Å². The van der Waals surface area contributed by atoms with Gasteiger partial charge in [-0.2, -0.15) is 0 Å². The minimum atomic E-state index is -0.840. The van der Waals surface area contributed by atoms with Crippen molar-refractivity contribution in [3.05, 3.63) is 76.2 Å². The van der Waals surface area contributed by atoms with E-state index in [4.69, 9.17) is 25.8 Å². The van der Waals surface area contributed by atoms with Crippen LogP contribution < -0.4 is 4.74 Å². The third kappa shape index (κ3) is 4.14. The van der Waals surface area contributed by atoms with E-state index in [2.05, 4.69) is 0 Å². The lowest BCUT2D eigenvalue weighted by Gasteiger charge is -2.09. The van der Waals surface area contributed by atoms with Crippen molar-refractivity contribution in [2.75, 3.05) is 7.11 Å². The second kappa shape index (κ2) is 8.20. The first-order valence-corrected chi connectivity index (χ1v) is 8.72. The van der Waals surface area contributed by atoms with Crippen molar-refractivity contribution >= 4 is 40.7 Å². The number of benzene rings is 2. The Morgan fingerprint density at radius 2 is 1.66 bits per heavy atom. The van der Waals surface area contributed by atoms with Gasteiger partial charge in [0.15, 0.2) is 11.5 Å². The molecule has 0 atom stereocenters. The second-order valence-electron chi connectivity index (χ2n) is 5.93. The maximum absolute atomic E-state index is 12.4. The van der Waals surface area contributed by atoms with Gasteiger partial charge in [-0.1, -0.05) is 35.9 Å². The lowest BCUT2D eigenvalue weighted by Crippen LogP contribution is -2.09. The van der Waals surface area contributed by atoms with Crippen molar-refractivity contribution < 1.29 is 33.7 Å². The van der Waals surface area contributed by atoms with Gasteiger partial charge in [-0.25, -0.2) is 9.59 Å². The molecule has 0 fully saturated rings. The van der Waals surface area contributed by atoms with Crippen molar-refractivity contribution in [1.29, 1.82) is 0 Å². The normalized spacial score (nSPS) is 15.1. The summed E-state index contributed by atoms with van der Waals surface area (Å²) < 4.78 is 14.9. The topological polar surface area (TPSA) is 99.1 Å². The van der Waals surface area contributed by atoms with Crippen LogP contribution in [0.1, 0.15) is 18.1 Å². The molecule has 0 unspecified atom stereocenters. The van der Waals surface area contributed by atoms with Gasteiger partial charge < -0.3 is 19.3 Å². The van der Waals surface area contributed by atoms with Crippen molar-refractivity contribution in [1.82, 2.24) is 0 Å². The molecule has 0 amide bonds. The minimum Gasteiger partial charge on any atom is -0.504 e. The summed E-state index contributed by atoms with van der Waals surface area (Å²) in [5.41, 5.74) is 0.409. The van der Waals surface area contributed by atoms with Gasteiger partial charge in [0.25, 0.3) is 0 Å². The third-order valence-electron chi connectivity index (χ3n) is 4.00. The summed E-state index contributed by atoms with van der Waals surface area (Å²) in [5, 5.41) is 11.1. The van der Waals surface area contributed by atoms with Crippen LogP contribution in [0, 0.1) is 0 Å². The van der Waals surface area contributed by atoms with E-state index in [0.717, 1.165) is 0 Å². The van der Waals surface area contributed by atoms with E-state index in [1.807, 2.05) is 0 Å². The number of methoxy groups -OCH3 is 1.